The molecule has 4 aromatic rings. The van der Waals surface area contributed by atoms with E-state index in [9.17, 15) is 13.6 Å². The van der Waals surface area contributed by atoms with Gasteiger partial charge in [0.2, 0.25) is 5.89 Å². The molecule has 0 spiro atoms. The van der Waals surface area contributed by atoms with Crippen LogP contribution in [0, 0.1) is 24.5 Å². The number of anilines is 2. The first-order valence-corrected chi connectivity index (χ1v) is 12.6. The summed E-state index contributed by atoms with van der Waals surface area (Å²) in [5.74, 6) is 0.919. The number of benzene rings is 2. The maximum Gasteiger partial charge on any atom is 0.323 e. The van der Waals surface area contributed by atoms with Crippen LogP contribution in [0.4, 0.5) is 25.0 Å². The van der Waals surface area contributed by atoms with E-state index >= 15 is 0 Å². The lowest BCUT2D eigenvalue weighted by atomic mass is 9.81. The van der Waals surface area contributed by atoms with E-state index in [1.54, 1.807) is 23.5 Å². The molecule has 0 bridgehead atoms. The molecule has 5 rings (SSSR count). The first-order valence-electron chi connectivity index (χ1n) is 11.8. The number of halogens is 2. The fraction of sp³-hybridized carbons (Fsp3) is 0.308. The molecule has 2 aromatic carbocycles. The Morgan fingerprint density at radius 3 is 2.39 bits per heavy atom. The molecule has 1 fully saturated rings. The zero-order chi connectivity index (χ0) is 25.1. The number of rotatable bonds is 6. The third kappa shape index (κ3) is 5.93. The molecule has 1 aliphatic rings. The lowest BCUT2D eigenvalue weighted by molar-refractivity contribution is 0.262. The Hall–Kier alpha value is -3.66. The van der Waals surface area contributed by atoms with Gasteiger partial charge in [-0.25, -0.2) is 18.6 Å². The summed E-state index contributed by atoms with van der Waals surface area (Å²) in [7, 11) is 0. The second-order valence-electron chi connectivity index (χ2n) is 9.03. The average molecular weight is 510 g/mol. The van der Waals surface area contributed by atoms with Gasteiger partial charge in [0.15, 0.2) is 5.82 Å². The van der Waals surface area contributed by atoms with E-state index in [1.165, 1.54) is 0 Å². The summed E-state index contributed by atoms with van der Waals surface area (Å²) in [5, 5.41) is 10.1. The summed E-state index contributed by atoms with van der Waals surface area (Å²) in [6, 6.07) is 9.66. The summed E-state index contributed by atoms with van der Waals surface area (Å²) >= 11 is 1.70. The fourth-order valence-electron chi connectivity index (χ4n) is 4.53. The fourth-order valence-corrected chi connectivity index (χ4v) is 5.62. The van der Waals surface area contributed by atoms with Crippen molar-refractivity contribution in [3.63, 3.8) is 0 Å². The minimum atomic E-state index is -0.759. The molecule has 0 saturated heterocycles. The first-order chi connectivity index (χ1) is 17.4. The van der Waals surface area contributed by atoms with Crippen LogP contribution in [0.5, 0.6) is 0 Å². The molecule has 186 valence electrons. The summed E-state index contributed by atoms with van der Waals surface area (Å²) < 4.78 is 31.9. The van der Waals surface area contributed by atoms with Gasteiger partial charge in [-0.05, 0) is 68.4 Å². The van der Waals surface area contributed by atoms with Gasteiger partial charge in [0, 0.05) is 36.0 Å². The standard InChI is InChI=1S/C26H25F2N5O2S/c1-15-30-24(35-33-15)10-16-2-4-18(5-3-16)25-29-14-23(36-25)17-6-8-21(9-7-17)31-26(34)32-22-12-19(27)11-20(28)13-22/h6-9,11-14,16,18H,2-5,10H2,1H3,(H2,31,32,34). The number of urea groups is 1. The molecule has 0 atom stereocenters. The van der Waals surface area contributed by atoms with Gasteiger partial charge in [-0.15, -0.1) is 11.3 Å². The maximum atomic E-state index is 13.3. The van der Waals surface area contributed by atoms with Gasteiger partial charge in [-0.1, -0.05) is 17.3 Å². The number of aromatic nitrogens is 3. The third-order valence-corrected chi connectivity index (χ3v) is 7.51. The van der Waals surface area contributed by atoms with Crippen molar-refractivity contribution in [2.24, 2.45) is 5.92 Å². The molecule has 0 radical (unpaired) electrons. The quantitative estimate of drug-likeness (QED) is 0.294. The molecular formula is C26H25F2N5O2S. The Kier molecular flexibility index (Phi) is 7.04. The molecule has 2 N–H and O–H groups in total. The molecule has 2 aromatic heterocycles. The smallest absolute Gasteiger partial charge is 0.323 e. The zero-order valence-electron chi connectivity index (χ0n) is 19.6. The van der Waals surface area contributed by atoms with Crippen molar-refractivity contribution in [1.29, 1.82) is 0 Å². The molecule has 1 saturated carbocycles. The van der Waals surface area contributed by atoms with Crippen molar-refractivity contribution in [1.82, 2.24) is 15.1 Å². The van der Waals surface area contributed by atoms with Crippen LogP contribution < -0.4 is 10.6 Å². The summed E-state index contributed by atoms with van der Waals surface area (Å²) in [4.78, 5) is 22.3. The van der Waals surface area contributed by atoms with Crippen LogP contribution in [0.2, 0.25) is 0 Å². The number of carbonyl (C=O) groups is 1. The Morgan fingerprint density at radius 1 is 1.03 bits per heavy atom. The van der Waals surface area contributed by atoms with E-state index in [-0.39, 0.29) is 5.69 Å². The van der Waals surface area contributed by atoms with Crippen molar-refractivity contribution >= 4 is 28.7 Å². The highest BCUT2D eigenvalue weighted by molar-refractivity contribution is 7.15. The first kappa shape index (κ1) is 24.1. The van der Waals surface area contributed by atoms with Crippen LogP contribution in [-0.2, 0) is 6.42 Å². The number of nitrogens with one attached hydrogen (secondary N) is 2. The van der Waals surface area contributed by atoms with Crippen molar-refractivity contribution in [2.45, 2.75) is 44.9 Å². The van der Waals surface area contributed by atoms with Crippen LogP contribution in [0.25, 0.3) is 10.4 Å². The predicted molar refractivity (Wildman–Crippen MR) is 134 cm³/mol. The van der Waals surface area contributed by atoms with Gasteiger partial charge in [-0.3, -0.25) is 0 Å². The monoisotopic (exact) mass is 509 g/mol. The molecule has 10 heteroatoms. The highest BCUT2D eigenvalue weighted by Crippen LogP contribution is 2.40. The van der Waals surface area contributed by atoms with E-state index in [0.29, 0.717) is 23.3 Å². The Labute approximate surface area is 211 Å². The largest absolute Gasteiger partial charge is 0.339 e. The van der Waals surface area contributed by atoms with Crippen LogP contribution in [-0.4, -0.2) is 21.2 Å². The highest BCUT2D eigenvalue weighted by atomic mass is 32.1. The van der Waals surface area contributed by atoms with Crippen LogP contribution >= 0.6 is 11.3 Å². The summed E-state index contributed by atoms with van der Waals surface area (Å²) in [6.45, 7) is 1.84. The molecule has 2 heterocycles. The molecule has 7 nitrogen and oxygen atoms in total. The average Bonchev–Trinajstić information content (AvgIpc) is 3.49. The normalized spacial score (nSPS) is 17.6. The van der Waals surface area contributed by atoms with Crippen molar-refractivity contribution in [3.8, 4) is 10.4 Å². The van der Waals surface area contributed by atoms with Crippen molar-refractivity contribution in [2.75, 3.05) is 10.6 Å². The molecule has 0 unspecified atom stereocenters. The molecule has 0 aliphatic heterocycles. The number of hydrogen-bond acceptors (Lipinski definition) is 6. The van der Waals surface area contributed by atoms with Gasteiger partial charge < -0.3 is 15.2 Å². The van der Waals surface area contributed by atoms with E-state index in [4.69, 9.17) is 9.51 Å². The minimum Gasteiger partial charge on any atom is -0.339 e. The number of thiazole rings is 1. The second-order valence-corrected chi connectivity index (χ2v) is 10.1. The highest BCUT2D eigenvalue weighted by Gasteiger charge is 2.26. The van der Waals surface area contributed by atoms with E-state index in [0.717, 1.165) is 71.6 Å². The number of carbonyl (C=O) groups excluding carboxylic acids is 1. The molecule has 36 heavy (non-hydrogen) atoms. The van der Waals surface area contributed by atoms with Gasteiger partial charge in [0.1, 0.15) is 11.6 Å². The number of nitrogens with zero attached hydrogens (tertiary/aromatic N) is 3. The lowest BCUT2D eigenvalue weighted by Crippen LogP contribution is -2.19. The van der Waals surface area contributed by atoms with Crippen LogP contribution in [0.3, 0.4) is 0 Å². The Balaban J connectivity index is 1.14. The second kappa shape index (κ2) is 10.5. The lowest BCUT2D eigenvalue weighted by Gasteiger charge is -2.26. The van der Waals surface area contributed by atoms with Crippen LogP contribution in [0.15, 0.2) is 53.2 Å². The van der Waals surface area contributed by atoms with Gasteiger partial charge in [-0.2, -0.15) is 4.98 Å². The molecule has 1 aliphatic carbocycles. The number of amides is 2. The van der Waals surface area contributed by atoms with Crippen molar-refractivity contribution < 1.29 is 18.1 Å². The minimum absolute atomic E-state index is 0.0394. The van der Waals surface area contributed by atoms with Gasteiger partial charge in [0.25, 0.3) is 0 Å². The van der Waals surface area contributed by atoms with E-state index < -0.39 is 17.7 Å². The third-order valence-electron chi connectivity index (χ3n) is 6.30. The summed E-state index contributed by atoms with van der Waals surface area (Å²) in [5.41, 5.74) is 1.61. The zero-order valence-corrected chi connectivity index (χ0v) is 20.4. The van der Waals surface area contributed by atoms with Crippen LogP contribution in [0.1, 0.15) is 48.3 Å². The molecular weight excluding hydrogens is 484 g/mol. The number of hydrogen-bond donors (Lipinski definition) is 2. The van der Waals surface area contributed by atoms with E-state index in [2.05, 4.69) is 20.8 Å². The van der Waals surface area contributed by atoms with Gasteiger partial charge >= 0.3 is 6.03 Å². The predicted octanol–water partition coefficient (Wildman–Crippen LogP) is 6.94. The Bertz CT molecular complexity index is 1330. The maximum absolute atomic E-state index is 13.3. The Morgan fingerprint density at radius 2 is 1.72 bits per heavy atom. The molecule has 2 amide bonds. The van der Waals surface area contributed by atoms with E-state index in [1.807, 2.05) is 25.3 Å². The topological polar surface area (TPSA) is 92.9 Å². The number of aryl methyl sites for hydroxylation is 1. The SMILES string of the molecule is Cc1noc(CC2CCC(c3ncc(-c4ccc(NC(=O)Nc5cc(F)cc(F)c5)cc4)s3)CC2)n1. The summed E-state index contributed by atoms with van der Waals surface area (Å²) in [6.07, 6.45) is 7.17. The van der Waals surface area contributed by atoms with Gasteiger partial charge in [0.05, 0.1) is 9.88 Å². The van der Waals surface area contributed by atoms with Crippen molar-refractivity contribution in [3.05, 3.63) is 77.0 Å².